The lowest BCUT2D eigenvalue weighted by molar-refractivity contribution is 0.220. The summed E-state index contributed by atoms with van der Waals surface area (Å²) in [7, 11) is 0. The monoisotopic (exact) mass is 275 g/mol. The molecule has 0 saturated carbocycles. The van der Waals surface area contributed by atoms with E-state index in [0.717, 1.165) is 33.0 Å². The smallest absolute Gasteiger partial charge is 0.134 e. The molecule has 0 aliphatic heterocycles. The van der Waals surface area contributed by atoms with Crippen LogP contribution < -0.4 is 0 Å². The third kappa shape index (κ3) is 1.99. The van der Waals surface area contributed by atoms with Gasteiger partial charge in [0.25, 0.3) is 0 Å². The van der Waals surface area contributed by atoms with E-state index in [2.05, 4.69) is 4.98 Å². The minimum Gasteiger partial charge on any atom is -0.464 e. The van der Waals surface area contributed by atoms with Crippen molar-refractivity contribution in [2.75, 3.05) is 0 Å². The van der Waals surface area contributed by atoms with E-state index in [0.29, 0.717) is 0 Å². The van der Waals surface area contributed by atoms with Gasteiger partial charge in [0.1, 0.15) is 11.7 Å². The molecule has 0 aliphatic carbocycles. The largest absolute Gasteiger partial charge is 0.464 e. The molecular weight excluding hydrogens is 262 g/mol. The summed E-state index contributed by atoms with van der Waals surface area (Å²) >= 11 is 0. The Bertz CT molecular complexity index is 926. The van der Waals surface area contributed by atoms with Gasteiger partial charge in [-0.3, -0.25) is 4.98 Å². The molecule has 0 amide bonds. The van der Waals surface area contributed by atoms with Crippen molar-refractivity contribution in [3.05, 3.63) is 78.2 Å². The van der Waals surface area contributed by atoms with Crippen LogP contribution in [0.4, 0.5) is 0 Å². The number of fused-ring (bicyclic) bond motifs is 2. The van der Waals surface area contributed by atoms with Gasteiger partial charge in [0.05, 0.1) is 11.8 Å². The predicted molar refractivity (Wildman–Crippen MR) is 82.0 cm³/mol. The van der Waals surface area contributed by atoms with Crippen LogP contribution in [0.15, 0.2) is 71.5 Å². The van der Waals surface area contributed by atoms with Crippen molar-refractivity contribution in [3.63, 3.8) is 0 Å². The molecule has 3 nitrogen and oxygen atoms in total. The average molecular weight is 275 g/mol. The first kappa shape index (κ1) is 12.1. The number of aliphatic hydroxyl groups excluding tert-OH is 1. The summed E-state index contributed by atoms with van der Waals surface area (Å²) in [6.07, 6.45) is 2.59. The van der Waals surface area contributed by atoms with Crippen LogP contribution >= 0.6 is 0 Å². The minimum absolute atomic E-state index is 0.745. The SMILES string of the molecule is OC(c1cnc2ccccc2c1)c1coc2ccccc12. The Balaban J connectivity index is 1.83. The molecule has 4 aromatic rings. The minimum atomic E-state index is -0.745. The molecule has 0 aliphatic rings. The van der Waals surface area contributed by atoms with Gasteiger partial charge in [0, 0.05) is 28.1 Å². The van der Waals surface area contributed by atoms with Crippen LogP contribution in [-0.4, -0.2) is 10.1 Å². The molecule has 2 aromatic carbocycles. The number of pyridine rings is 1. The fourth-order valence-electron chi connectivity index (χ4n) is 2.63. The number of furan rings is 1. The molecule has 102 valence electrons. The lowest BCUT2D eigenvalue weighted by Crippen LogP contribution is -1.99. The summed E-state index contributed by atoms with van der Waals surface area (Å²) in [6, 6.07) is 17.5. The van der Waals surface area contributed by atoms with Gasteiger partial charge in [0.2, 0.25) is 0 Å². The first-order chi connectivity index (χ1) is 10.3. The Hall–Kier alpha value is -2.65. The number of aromatic nitrogens is 1. The predicted octanol–water partition coefficient (Wildman–Crippen LogP) is 4.06. The molecule has 1 unspecified atom stereocenters. The van der Waals surface area contributed by atoms with Crippen molar-refractivity contribution in [1.82, 2.24) is 4.98 Å². The van der Waals surface area contributed by atoms with E-state index in [4.69, 9.17) is 4.42 Å². The van der Waals surface area contributed by atoms with Crippen LogP contribution in [0.25, 0.3) is 21.9 Å². The molecule has 21 heavy (non-hydrogen) atoms. The van der Waals surface area contributed by atoms with Crippen molar-refractivity contribution in [2.45, 2.75) is 6.10 Å². The number of hydrogen-bond donors (Lipinski definition) is 1. The quantitative estimate of drug-likeness (QED) is 0.600. The maximum atomic E-state index is 10.6. The van der Waals surface area contributed by atoms with Gasteiger partial charge in [-0.2, -0.15) is 0 Å². The first-order valence-electron chi connectivity index (χ1n) is 6.82. The fourth-order valence-corrected chi connectivity index (χ4v) is 2.63. The Labute approximate surface area is 121 Å². The summed E-state index contributed by atoms with van der Waals surface area (Å²) in [5.41, 5.74) is 3.23. The number of benzene rings is 2. The molecule has 1 N–H and O–H groups in total. The topological polar surface area (TPSA) is 46.3 Å². The average Bonchev–Trinajstić information content (AvgIpc) is 2.98. The van der Waals surface area contributed by atoms with Gasteiger partial charge < -0.3 is 9.52 Å². The first-order valence-corrected chi connectivity index (χ1v) is 6.82. The summed E-state index contributed by atoms with van der Waals surface area (Å²) in [5.74, 6) is 0. The van der Waals surface area contributed by atoms with E-state index in [1.165, 1.54) is 0 Å². The van der Waals surface area contributed by atoms with Crippen molar-refractivity contribution in [2.24, 2.45) is 0 Å². The lowest BCUT2D eigenvalue weighted by atomic mass is 10.0. The second kappa shape index (κ2) is 4.72. The van der Waals surface area contributed by atoms with Crippen molar-refractivity contribution in [3.8, 4) is 0 Å². The molecule has 0 radical (unpaired) electrons. The lowest BCUT2D eigenvalue weighted by Gasteiger charge is -2.10. The normalized spacial score (nSPS) is 12.8. The standard InChI is InChI=1S/C18H13NO2/c20-18(15-11-21-17-8-4-2-6-14(15)17)13-9-12-5-1-3-7-16(12)19-10-13/h1-11,18,20H. The van der Waals surface area contributed by atoms with Crippen molar-refractivity contribution >= 4 is 21.9 Å². The third-order valence-corrected chi connectivity index (χ3v) is 3.73. The third-order valence-electron chi connectivity index (χ3n) is 3.73. The molecule has 0 spiro atoms. The van der Waals surface area contributed by atoms with E-state index in [1.807, 2.05) is 54.6 Å². The number of aliphatic hydroxyl groups is 1. The van der Waals surface area contributed by atoms with Crippen LogP contribution in [0.3, 0.4) is 0 Å². The zero-order chi connectivity index (χ0) is 14.2. The van der Waals surface area contributed by atoms with Crippen LogP contribution in [0.5, 0.6) is 0 Å². The highest BCUT2D eigenvalue weighted by Crippen LogP contribution is 2.31. The molecule has 3 heteroatoms. The summed E-state index contributed by atoms with van der Waals surface area (Å²) in [4.78, 5) is 4.40. The van der Waals surface area contributed by atoms with Crippen molar-refractivity contribution < 1.29 is 9.52 Å². The Morgan fingerprint density at radius 3 is 2.76 bits per heavy atom. The molecule has 2 heterocycles. The fraction of sp³-hybridized carbons (Fsp3) is 0.0556. The Morgan fingerprint density at radius 1 is 1.00 bits per heavy atom. The highest BCUT2D eigenvalue weighted by Gasteiger charge is 2.17. The zero-order valence-corrected chi connectivity index (χ0v) is 11.2. The Morgan fingerprint density at radius 2 is 1.81 bits per heavy atom. The highest BCUT2D eigenvalue weighted by atomic mass is 16.3. The van der Waals surface area contributed by atoms with Gasteiger partial charge >= 0.3 is 0 Å². The van der Waals surface area contributed by atoms with Crippen LogP contribution in [0.1, 0.15) is 17.2 Å². The number of nitrogens with zero attached hydrogens (tertiary/aromatic N) is 1. The van der Waals surface area contributed by atoms with Crippen molar-refractivity contribution in [1.29, 1.82) is 0 Å². The van der Waals surface area contributed by atoms with Gasteiger partial charge in [0.15, 0.2) is 0 Å². The maximum absolute atomic E-state index is 10.6. The summed E-state index contributed by atoms with van der Waals surface area (Å²) < 4.78 is 5.50. The van der Waals surface area contributed by atoms with Crippen LogP contribution in [0, 0.1) is 0 Å². The molecule has 1 atom stereocenters. The number of hydrogen-bond acceptors (Lipinski definition) is 3. The van der Waals surface area contributed by atoms with E-state index in [-0.39, 0.29) is 0 Å². The molecule has 2 aromatic heterocycles. The second-order valence-corrected chi connectivity index (χ2v) is 5.05. The molecule has 0 saturated heterocycles. The van der Waals surface area contributed by atoms with E-state index < -0.39 is 6.10 Å². The maximum Gasteiger partial charge on any atom is 0.134 e. The van der Waals surface area contributed by atoms with E-state index >= 15 is 0 Å². The molecule has 0 bridgehead atoms. The van der Waals surface area contributed by atoms with Crippen LogP contribution in [-0.2, 0) is 0 Å². The highest BCUT2D eigenvalue weighted by molar-refractivity contribution is 5.82. The van der Waals surface area contributed by atoms with Crippen LogP contribution in [0.2, 0.25) is 0 Å². The second-order valence-electron chi connectivity index (χ2n) is 5.05. The van der Waals surface area contributed by atoms with Gasteiger partial charge in [-0.15, -0.1) is 0 Å². The van der Waals surface area contributed by atoms with Gasteiger partial charge in [-0.05, 0) is 18.2 Å². The van der Waals surface area contributed by atoms with E-state index in [1.54, 1.807) is 12.5 Å². The number of rotatable bonds is 2. The van der Waals surface area contributed by atoms with Gasteiger partial charge in [-0.1, -0.05) is 36.4 Å². The zero-order valence-electron chi connectivity index (χ0n) is 11.2. The van der Waals surface area contributed by atoms with E-state index in [9.17, 15) is 5.11 Å². The molecular formula is C18H13NO2. The summed E-state index contributed by atoms with van der Waals surface area (Å²) in [5, 5.41) is 12.6. The Kier molecular flexibility index (Phi) is 2.72. The molecule has 0 fully saturated rings. The summed E-state index contributed by atoms with van der Waals surface area (Å²) in [6.45, 7) is 0. The number of para-hydroxylation sites is 2. The van der Waals surface area contributed by atoms with Gasteiger partial charge in [-0.25, -0.2) is 0 Å². The molecule has 4 rings (SSSR count).